The lowest BCUT2D eigenvalue weighted by atomic mass is 9.84. The summed E-state index contributed by atoms with van der Waals surface area (Å²) in [4.78, 5) is 11.7. The second-order valence-corrected chi connectivity index (χ2v) is 6.21. The molecule has 1 saturated carbocycles. The Balaban J connectivity index is 2.22. The normalized spacial score (nSPS) is 25.3. The van der Waals surface area contributed by atoms with Gasteiger partial charge in [0, 0.05) is 13.2 Å². The Labute approximate surface area is 129 Å². The van der Waals surface area contributed by atoms with Gasteiger partial charge in [0.1, 0.15) is 5.54 Å². The summed E-state index contributed by atoms with van der Waals surface area (Å²) < 4.78 is 5.71. The largest absolute Gasteiger partial charge is 0.480 e. The van der Waals surface area contributed by atoms with Crippen molar-refractivity contribution < 1.29 is 14.6 Å². The fourth-order valence-corrected chi connectivity index (χ4v) is 3.51. The number of hydrogen-bond donors (Lipinski definition) is 2. The number of ether oxygens (including phenoxy) is 1. The first kappa shape index (κ1) is 18.4. The summed E-state index contributed by atoms with van der Waals surface area (Å²) in [6.45, 7) is 6.42. The van der Waals surface area contributed by atoms with Gasteiger partial charge in [0.25, 0.3) is 0 Å². The molecule has 1 fully saturated rings. The highest BCUT2D eigenvalue weighted by Crippen LogP contribution is 2.38. The maximum atomic E-state index is 11.7. The molecule has 0 aliphatic heterocycles. The molecule has 0 aromatic rings. The van der Waals surface area contributed by atoms with Crippen molar-refractivity contribution in [3.8, 4) is 0 Å². The Morgan fingerprint density at radius 2 is 2.00 bits per heavy atom. The highest BCUT2D eigenvalue weighted by atomic mass is 16.5. The van der Waals surface area contributed by atoms with E-state index in [4.69, 9.17) is 4.74 Å². The Kier molecular flexibility index (Phi) is 8.93. The van der Waals surface area contributed by atoms with Gasteiger partial charge in [-0.1, -0.05) is 46.0 Å². The van der Waals surface area contributed by atoms with E-state index in [2.05, 4.69) is 12.2 Å². The molecular formula is C17H33NO3. The van der Waals surface area contributed by atoms with Crippen LogP contribution in [0.2, 0.25) is 0 Å². The lowest BCUT2D eigenvalue weighted by Gasteiger charge is -2.32. The van der Waals surface area contributed by atoms with Gasteiger partial charge in [-0.15, -0.1) is 0 Å². The van der Waals surface area contributed by atoms with Crippen LogP contribution >= 0.6 is 0 Å². The van der Waals surface area contributed by atoms with Crippen LogP contribution in [-0.4, -0.2) is 36.4 Å². The average Bonchev–Trinajstić information content (AvgIpc) is 2.86. The second-order valence-electron chi connectivity index (χ2n) is 6.21. The van der Waals surface area contributed by atoms with E-state index in [1.807, 2.05) is 6.92 Å². The van der Waals surface area contributed by atoms with Crippen molar-refractivity contribution in [1.29, 1.82) is 0 Å². The van der Waals surface area contributed by atoms with E-state index in [1.165, 1.54) is 25.7 Å². The molecule has 1 aliphatic rings. The lowest BCUT2D eigenvalue weighted by molar-refractivity contribution is -0.146. The zero-order chi connectivity index (χ0) is 15.6. The molecule has 0 spiro atoms. The van der Waals surface area contributed by atoms with E-state index in [0.29, 0.717) is 13.2 Å². The number of nitrogens with one attached hydrogen (secondary N) is 1. The van der Waals surface area contributed by atoms with Crippen molar-refractivity contribution >= 4 is 5.97 Å². The van der Waals surface area contributed by atoms with Crippen LogP contribution in [0.25, 0.3) is 0 Å². The van der Waals surface area contributed by atoms with Gasteiger partial charge in [-0.2, -0.15) is 0 Å². The van der Waals surface area contributed by atoms with Crippen LogP contribution in [0.1, 0.15) is 71.6 Å². The molecule has 0 amide bonds. The molecule has 2 unspecified atom stereocenters. The summed E-state index contributed by atoms with van der Waals surface area (Å²) in [6, 6.07) is 0. The van der Waals surface area contributed by atoms with Gasteiger partial charge in [-0.3, -0.25) is 4.79 Å². The Morgan fingerprint density at radius 1 is 1.24 bits per heavy atom. The second kappa shape index (κ2) is 10.2. The van der Waals surface area contributed by atoms with Crippen LogP contribution < -0.4 is 5.32 Å². The number of rotatable bonds is 12. The molecule has 2 N–H and O–H groups in total. The molecule has 2 atom stereocenters. The highest BCUT2D eigenvalue weighted by molar-refractivity contribution is 5.79. The number of aliphatic carboxylic acids is 1. The summed E-state index contributed by atoms with van der Waals surface area (Å²) in [7, 11) is 0. The predicted molar refractivity (Wildman–Crippen MR) is 85.6 cm³/mol. The number of hydrogen-bond acceptors (Lipinski definition) is 3. The molecule has 0 saturated heterocycles. The van der Waals surface area contributed by atoms with E-state index in [9.17, 15) is 9.90 Å². The molecule has 124 valence electrons. The summed E-state index contributed by atoms with van der Waals surface area (Å²) in [5, 5.41) is 12.8. The molecule has 4 nitrogen and oxygen atoms in total. The van der Waals surface area contributed by atoms with E-state index >= 15 is 0 Å². The van der Waals surface area contributed by atoms with Crippen molar-refractivity contribution in [2.24, 2.45) is 5.92 Å². The lowest BCUT2D eigenvalue weighted by Crippen LogP contribution is -2.54. The first-order valence-electron chi connectivity index (χ1n) is 8.73. The Hall–Kier alpha value is -0.610. The van der Waals surface area contributed by atoms with Gasteiger partial charge < -0.3 is 15.2 Å². The van der Waals surface area contributed by atoms with E-state index < -0.39 is 11.5 Å². The first-order chi connectivity index (χ1) is 10.2. The minimum Gasteiger partial charge on any atom is -0.480 e. The van der Waals surface area contributed by atoms with Crippen LogP contribution in [0.5, 0.6) is 0 Å². The van der Waals surface area contributed by atoms with Crippen LogP contribution in [0.4, 0.5) is 0 Å². The molecule has 0 aromatic carbocycles. The molecular weight excluding hydrogens is 266 g/mol. The third-order valence-electron chi connectivity index (χ3n) is 4.70. The van der Waals surface area contributed by atoms with Crippen molar-refractivity contribution in [1.82, 2.24) is 5.32 Å². The van der Waals surface area contributed by atoms with Crippen molar-refractivity contribution in [2.75, 3.05) is 19.8 Å². The summed E-state index contributed by atoms with van der Waals surface area (Å²) in [5.41, 5.74) is -0.709. The minimum absolute atomic E-state index is 0.204. The molecule has 0 bridgehead atoms. The molecule has 21 heavy (non-hydrogen) atoms. The third-order valence-corrected chi connectivity index (χ3v) is 4.70. The smallest absolute Gasteiger partial charge is 0.324 e. The minimum atomic E-state index is -0.709. The van der Waals surface area contributed by atoms with Gasteiger partial charge in [0.15, 0.2) is 0 Å². The van der Waals surface area contributed by atoms with E-state index in [-0.39, 0.29) is 5.92 Å². The summed E-state index contributed by atoms with van der Waals surface area (Å²) in [6.07, 6.45) is 9.85. The van der Waals surface area contributed by atoms with E-state index in [1.54, 1.807) is 0 Å². The number of unbranched alkanes of at least 4 members (excludes halogenated alkanes) is 4. The highest BCUT2D eigenvalue weighted by Gasteiger charge is 2.48. The van der Waals surface area contributed by atoms with E-state index in [0.717, 1.165) is 38.7 Å². The Morgan fingerprint density at radius 3 is 2.67 bits per heavy atom. The molecule has 4 heteroatoms. The summed E-state index contributed by atoms with van der Waals surface area (Å²) >= 11 is 0. The van der Waals surface area contributed by atoms with Gasteiger partial charge in [-0.05, 0) is 38.1 Å². The fraction of sp³-hybridized carbons (Fsp3) is 0.941. The SMILES string of the molecule is CCCCCCCOCCC1CCCC1(NCC)C(=O)O. The fourth-order valence-electron chi connectivity index (χ4n) is 3.51. The molecule has 1 rings (SSSR count). The van der Waals surface area contributed by atoms with Crippen LogP contribution in [0.15, 0.2) is 0 Å². The third kappa shape index (κ3) is 5.59. The van der Waals surface area contributed by atoms with Gasteiger partial charge >= 0.3 is 5.97 Å². The van der Waals surface area contributed by atoms with Gasteiger partial charge in [0.2, 0.25) is 0 Å². The van der Waals surface area contributed by atoms with Crippen LogP contribution in [-0.2, 0) is 9.53 Å². The average molecular weight is 299 g/mol. The zero-order valence-electron chi connectivity index (χ0n) is 13.8. The number of carboxylic acid groups (broad SMARTS) is 1. The van der Waals surface area contributed by atoms with Crippen LogP contribution in [0.3, 0.4) is 0 Å². The number of carbonyl (C=O) groups is 1. The van der Waals surface area contributed by atoms with Crippen molar-refractivity contribution in [3.05, 3.63) is 0 Å². The Bertz CT molecular complexity index is 296. The standard InChI is InChI=1S/C17H33NO3/c1-3-5-6-7-8-13-21-14-11-15-10-9-12-17(15,16(19)20)18-4-2/h15,18H,3-14H2,1-2H3,(H,19,20). The number of likely N-dealkylation sites (N-methyl/N-ethyl adjacent to an activating group) is 1. The molecule has 0 radical (unpaired) electrons. The predicted octanol–water partition coefficient (Wildman–Crippen LogP) is 3.60. The maximum Gasteiger partial charge on any atom is 0.324 e. The maximum absolute atomic E-state index is 11.7. The summed E-state index contributed by atoms with van der Waals surface area (Å²) in [5.74, 6) is -0.485. The van der Waals surface area contributed by atoms with Gasteiger partial charge in [-0.25, -0.2) is 0 Å². The van der Waals surface area contributed by atoms with Crippen LogP contribution in [0, 0.1) is 5.92 Å². The monoisotopic (exact) mass is 299 g/mol. The molecule has 0 aromatic heterocycles. The zero-order valence-corrected chi connectivity index (χ0v) is 13.8. The van der Waals surface area contributed by atoms with Gasteiger partial charge in [0.05, 0.1) is 0 Å². The molecule has 0 heterocycles. The molecule has 1 aliphatic carbocycles. The van der Waals surface area contributed by atoms with Crippen molar-refractivity contribution in [3.63, 3.8) is 0 Å². The first-order valence-corrected chi connectivity index (χ1v) is 8.73. The van der Waals surface area contributed by atoms with Crippen molar-refractivity contribution in [2.45, 2.75) is 77.2 Å². The quantitative estimate of drug-likeness (QED) is 0.541. The topological polar surface area (TPSA) is 58.6 Å². The number of carboxylic acids is 1.